The normalized spacial score (nSPS) is 10.5. The molecule has 164 valence electrons. The average molecular weight is 437 g/mol. The zero-order chi connectivity index (χ0) is 23.2. The average Bonchev–Trinajstić information content (AvgIpc) is 2.83. The molecule has 0 atom stereocenters. The van der Waals surface area contributed by atoms with Crippen molar-refractivity contribution in [2.75, 3.05) is 5.32 Å². The van der Waals surface area contributed by atoms with Crippen molar-refractivity contribution in [1.29, 1.82) is 0 Å². The Kier molecular flexibility index (Phi) is 6.51. The molecule has 0 radical (unpaired) electrons. The number of aromatic carboxylic acids is 1. The molecule has 0 aromatic heterocycles. The molecule has 5 heteroatoms. The van der Waals surface area contributed by atoms with Crippen molar-refractivity contribution in [3.05, 3.63) is 119 Å². The summed E-state index contributed by atoms with van der Waals surface area (Å²) in [5.74, 6) is -0.715. The van der Waals surface area contributed by atoms with E-state index in [1.54, 1.807) is 36.4 Å². The Hall–Kier alpha value is -4.38. The number of hydrogen-bond acceptors (Lipinski definition) is 3. The summed E-state index contributed by atoms with van der Waals surface area (Å²) < 4.78 is 5.91. The van der Waals surface area contributed by atoms with Crippen molar-refractivity contribution in [2.24, 2.45) is 0 Å². The standard InChI is InChI=1S/C28H23NO4/c1-19-6-2-3-11-26(19)22-8-4-7-20(16-22)18-33-25-14-12-21(13-15-25)27(30)29-24-10-5-9-23(17-24)28(31)32/h2-17H,18H2,1H3,(H,29,30)(H,31,32). The highest BCUT2D eigenvalue weighted by Crippen LogP contribution is 2.24. The molecule has 0 saturated heterocycles. The number of hydrogen-bond donors (Lipinski definition) is 2. The summed E-state index contributed by atoms with van der Waals surface area (Å²) in [4.78, 5) is 23.6. The largest absolute Gasteiger partial charge is 0.489 e. The van der Waals surface area contributed by atoms with E-state index in [0.29, 0.717) is 23.6 Å². The van der Waals surface area contributed by atoms with Crippen LogP contribution in [-0.4, -0.2) is 17.0 Å². The number of nitrogens with one attached hydrogen (secondary N) is 1. The molecular formula is C28H23NO4. The Morgan fingerprint density at radius 1 is 0.818 bits per heavy atom. The minimum absolute atomic E-state index is 0.114. The Bertz CT molecular complexity index is 1300. The molecule has 33 heavy (non-hydrogen) atoms. The van der Waals surface area contributed by atoms with Crippen LogP contribution < -0.4 is 10.1 Å². The van der Waals surface area contributed by atoms with Gasteiger partial charge in [-0.25, -0.2) is 4.79 Å². The fraction of sp³-hybridized carbons (Fsp3) is 0.0714. The minimum Gasteiger partial charge on any atom is -0.489 e. The van der Waals surface area contributed by atoms with Gasteiger partial charge in [0.25, 0.3) is 5.91 Å². The zero-order valence-corrected chi connectivity index (χ0v) is 18.1. The highest BCUT2D eigenvalue weighted by molar-refractivity contribution is 6.04. The Balaban J connectivity index is 1.39. The first-order valence-corrected chi connectivity index (χ1v) is 10.5. The smallest absolute Gasteiger partial charge is 0.335 e. The molecule has 0 fully saturated rings. The van der Waals surface area contributed by atoms with E-state index >= 15 is 0 Å². The number of amides is 1. The molecule has 4 aromatic rings. The van der Waals surface area contributed by atoms with Crippen molar-refractivity contribution in [1.82, 2.24) is 0 Å². The molecular weight excluding hydrogens is 414 g/mol. The number of carboxylic acid groups (broad SMARTS) is 1. The number of rotatable bonds is 7. The first-order chi connectivity index (χ1) is 16.0. The number of carbonyl (C=O) groups is 2. The van der Waals surface area contributed by atoms with E-state index in [-0.39, 0.29) is 11.5 Å². The van der Waals surface area contributed by atoms with E-state index in [1.165, 1.54) is 23.3 Å². The summed E-state index contributed by atoms with van der Waals surface area (Å²) in [5.41, 5.74) is 5.60. The molecule has 0 saturated carbocycles. The Morgan fingerprint density at radius 3 is 2.33 bits per heavy atom. The van der Waals surface area contributed by atoms with E-state index in [9.17, 15) is 9.59 Å². The maximum atomic E-state index is 12.5. The summed E-state index contributed by atoms with van der Waals surface area (Å²) in [6.07, 6.45) is 0. The van der Waals surface area contributed by atoms with Crippen LogP contribution in [0.25, 0.3) is 11.1 Å². The lowest BCUT2D eigenvalue weighted by atomic mass is 9.99. The molecule has 4 aromatic carbocycles. The fourth-order valence-corrected chi connectivity index (χ4v) is 3.53. The highest BCUT2D eigenvalue weighted by Gasteiger charge is 2.09. The number of aryl methyl sites for hydroxylation is 1. The lowest BCUT2D eigenvalue weighted by molar-refractivity contribution is 0.0696. The molecule has 2 N–H and O–H groups in total. The van der Waals surface area contributed by atoms with Crippen LogP contribution in [0.3, 0.4) is 0 Å². The minimum atomic E-state index is -1.04. The second-order valence-electron chi connectivity index (χ2n) is 7.67. The summed E-state index contributed by atoms with van der Waals surface area (Å²) >= 11 is 0. The molecule has 5 nitrogen and oxygen atoms in total. The molecule has 0 heterocycles. The monoisotopic (exact) mass is 437 g/mol. The van der Waals surface area contributed by atoms with Gasteiger partial charge in [0.2, 0.25) is 0 Å². The third-order valence-corrected chi connectivity index (χ3v) is 5.27. The van der Waals surface area contributed by atoms with Gasteiger partial charge in [0, 0.05) is 11.3 Å². The molecule has 0 aliphatic rings. The summed E-state index contributed by atoms with van der Waals surface area (Å²) in [6, 6.07) is 29.5. The van der Waals surface area contributed by atoms with Crippen molar-refractivity contribution in [3.8, 4) is 16.9 Å². The fourth-order valence-electron chi connectivity index (χ4n) is 3.53. The van der Waals surface area contributed by atoms with Crippen LogP contribution in [0.5, 0.6) is 5.75 Å². The number of benzene rings is 4. The number of ether oxygens (including phenoxy) is 1. The molecule has 0 bridgehead atoms. The summed E-state index contributed by atoms with van der Waals surface area (Å²) in [5, 5.41) is 11.8. The maximum absolute atomic E-state index is 12.5. The molecule has 4 rings (SSSR count). The van der Waals surface area contributed by atoms with Crippen LogP contribution in [0.15, 0.2) is 97.1 Å². The van der Waals surface area contributed by atoms with Gasteiger partial charge in [0.15, 0.2) is 0 Å². The third-order valence-electron chi connectivity index (χ3n) is 5.27. The van der Waals surface area contributed by atoms with Gasteiger partial charge in [-0.15, -0.1) is 0 Å². The predicted molar refractivity (Wildman–Crippen MR) is 129 cm³/mol. The van der Waals surface area contributed by atoms with Crippen molar-refractivity contribution in [3.63, 3.8) is 0 Å². The highest BCUT2D eigenvalue weighted by atomic mass is 16.5. The van der Waals surface area contributed by atoms with E-state index in [4.69, 9.17) is 9.84 Å². The van der Waals surface area contributed by atoms with Crippen LogP contribution in [0.4, 0.5) is 5.69 Å². The third kappa shape index (κ3) is 5.46. The topological polar surface area (TPSA) is 75.6 Å². The number of anilines is 1. The summed E-state index contributed by atoms with van der Waals surface area (Å²) in [6.45, 7) is 2.51. The number of carboxylic acids is 1. The van der Waals surface area contributed by atoms with Crippen LogP contribution in [0.2, 0.25) is 0 Å². The van der Waals surface area contributed by atoms with Crippen LogP contribution >= 0.6 is 0 Å². The van der Waals surface area contributed by atoms with E-state index < -0.39 is 5.97 Å². The second kappa shape index (κ2) is 9.83. The Labute approximate surface area is 192 Å². The quantitative estimate of drug-likeness (QED) is 0.361. The van der Waals surface area contributed by atoms with Crippen LogP contribution in [0.1, 0.15) is 31.8 Å². The first kappa shape index (κ1) is 21.8. The van der Waals surface area contributed by atoms with Gasteiger partial charge in [0.05, 0.1) is 5.56 Å². The van der Waals surface area contributed by atoms with Crippen molar-refractivity contribution < 1.29 is 19.4 Å². The SMILES string of the molecule is Cc1ccccc1-c1cccc(COc2ccc(C(=O)Nc3cccc(C(=O)O)c3)cc2)c1. The molecule has 0 spiro atoms. The lowest BCUT2D eigenvalue weighted by Gasteiger charge is -2.10. The molecule has 0 unspecified atom stereocenters. The van der Waals surface area contributed by atoms with Gasteiger partial charge in [-0.3, -0.25) is 4.79 Å². The Morgan fingerprint density at radius 2 is 1.58 bits per heavy atom. The number of carbonyl (C=O) groups excluding carboxylic acids is 1. The first-order valence-electron chi connectivity index (χ1n) is 10.5. The van der Waals surface area contributed by atoms with Crippen LogP contribution in [-0.2, 0) is 6.61 Å². The molecule has 1 amide bonds. The van der Waals surface area contributed by atoms with Gasteiger partial charge >= 0.3 is 5.97 Å². The van der Waals surface area contributed by atoms with Crippen molar-refractivity contribution in [2.45, 2.75) is 13.5 Å². The summed E-state index contributed by atoms with van der Waals surface area (Å²) in [7, 11) is 0. The maximum Gasteiger partial charge on any atom is 0.335 e. The zero-order valence-electron chi connectivity index (χ0n) is 18.1. The van der Waals surface area contributed by atoms with E-state index in [2.05, 4.69) is 36.5 Å². The second-order valence-corrected chi connectivity index (χ2v) is 7.67. The van der Waals surface area contributed by atoms with E-state index in [0.717, 1.165) is 11.1 Å². The van der Waals surface area contributed by atoms with Gasteiger partial charge < -0.3 is 15.2 Å². The molecule has 0 aliphatic carbocycles. The van der Waals surface area contributed by atoms with Gasteiger partial charge in [0.1, 0.15) is 12.4 Å². The van der Waals surface area contributed by atoms with Crippen molar-refractivity contribution >= 4 is 17.6 Å². The molecule has 0 aliphatic heterocycles. The lowest BCUT2D eigenvalue weighted by Crippen LogP contribution is -2.12. The van der Waals surface area contributed by atoms with Gasteiger partial charge in [-0.2, -0.15) is 0 Å². The van der Waals surface area contributed by atoms with Gasteiger partial charge in [-0.1, -0.05) is 48.5 Å². The van der Waals surface area contributed by atoms with Crippen LogP contribution in [0, 0.1) is 6.92 Å². The van der Waals surface area contributed by atoms with Gasteiger partial charge in [-0.05, 0) is 77.7 Å². The predicted octanol–water partition coefficient (Wildman–Crippen LogP) is 6.19. The van der Waals surface area contributed by atoms with E-state index in [1.807, 2.05) is 24.3 Å².